The third-order valence-corrected chi connectivity index (χ3v) is 8.34. The highest BCUT2D eigenvalue weighted by atomic mass is 127. The number of carbonyl (C=O) groups excluding carboxylic acids is 3. The topological polar surface area (TPSA) is 57.7 Å². The monoisotopic (exact) mass is 544 g/mol. The summed E-state index contributed by atoms with van der Waals surface area (Å²) in [6.07, 6.45) is 0.667. The second-order valence-corrected chi connectivity index (χ2v) is 11.2. The molecular formula is C26H29IN2O3. The molecule has 0 aromatic heterocycles. The maximum atomic E-state index is 13.7. The molecule has 32 heavy (non-hydrogen) atoms. The second-order valence-electron chi connectivity index (χ2n) is 9.91. The van der Waals surface area contributed by atoms with Crippen LogP contribution in [-0.4, -0.2) is 35.2 Å². The number of hydrogen-bond acceptors (Lipinski definition) is 3. The number of benzene rings is 2. The first-order valence-electron chi connectivity index (χ1n) is 11.0. The van der Waals surface area contributed by atoms with Crippen LogP contribution in [0.4, 0.5) is 5.69 Å². The summed E-state index contributed by atoms with van der Waals surface area (Å²) >= 11 is 2.19. The predicted molar refractivity (Wildman–Crippen MR) is 133 cm³/mol. The van der Waals surface area contributed by atoms with Crippen LogP contribution in [-0.2, 0) is 20.8 Å². The van der Waals surface area contributed by atoms with Gasteiger partial charge in [0.15, 0.2) is 0 Å². The van der Waals surface area contributed by atoms with E-state index in [-0.39, 0.29) is 40.9 Å². The molecule has 4 rings (SSSR count). The summed E-state index contributed by atoms with van der Waals surface area (Å²) < 4.78 is 1.03. The van der Waals surface area contributed by atoms with Crippen LogP contribution < -0.4 is 4.90 Å². The van der Waals surface area contributed by atoms with Gasteiger partial charge in [0.25, 0.3) is 5.91 Å². The lowest BCUT2D eigenvalue weighted by Gasteiger charge is -2.29. The lowest BCUT2D eigenvalue weighted by molar-refractivity contribution is -0.140. The molecular weight excluding hydrogens is 515 g/mol. The Morgan fingerprint density at radius 1 is 1.00 bits per heavy atom. The van der Waals surface area contributed by atoms with Crippen molar-refractivity contribution in [2.45, 2.75) is 46.6 Å². The minimum Gasteiger partial charge on any atom is -0.329 e. The van der Waals surface area contributed by atoms with Crippen molar-refractivity contribution in [2.24, 2.45) is 16.7 Å². The quantitative estimate of drug-likeness (QED) is 0.392. The van der Waals surface area contributed by atoms with E-state index in [1.165, 1.54) is 4.90 Å². The number of amides is 3. The minimum atomic E-state index is -0.759. The van der Waals surface area contributed by atoms with Crippen molar-refractivity contribution < 1.29 is 14.4 Å². The van der Waals surface area contributed by atoms with E-state index in [1.807, 2.05) is 42.5 Å². The molecule has 1 saturated carbocycles. The molecule has 0 radical (unpaired) electrons. The van der Waals surface area contributed by atoms with Crippen molar-refractivity contribution in [1.82, 2.24) is 4.90 Å². The molecule has 2 aromatic rings. The molecule has 0 N–H and O–H groups in total. The van der Waals surface area contributed by atoms with E-state index < -0.39 is 6.04 Å². The molecule has 2 aromatic carbocycles. The Balaban J connectivity index is 1.62. The fourth-order valence-corrected chi connectivity index (χ4v) is 5.37. The van der Waals surface area contributed by atoms with E-state index in [1.54, 1.807) is 17.0 Å². The van der Waals surface area contributed by atoms with E-state index in [2.05, 4.69) is 50.3 Å². The van der Waals surface area contributed by atoms with E-state index >= 15 is 0 Å². The van der Waals surface area contributed by atoms with Crippen LogP contribution >= 0.6 is 22.6 Å². The van der Waals surface area contributed by atoms with Crippen LogP contribution in [0.15, 0.2) is 54.6 Å². The number of imide groups is 1. The normalized spacial score (nSPS) is 21.7. The molecule has 1 unspecified atom stereocenters. The number of anilines is 1. The van der Waals surface area contributed by atoms with Crippen molar-refractivity contribution in [1.29, 1.82) is 0 Å². The van der Waals surface area contributed by atoms with Gasteiger partial charge in [-0.2, -0.15) is 0 Å². The van der Waals surface area contributed by atoms with Crippen molar-refractivity contribution in [3.8, 4) is 0 Å². The van der Waals surface area contributed by atoms with E-state index in [9.17, 15) is 14.4 Å². The van der Waals surface area contributed by atoms with Gasteiger partial charge in [0, 0.05) is 16.0 Å². The Labute approximate surface area is 203 Å². The van der Waals surface area contributed by atoms with Gasteiger partial charge in [-0.3, -0.25) is 14.4 Å². The zero-order valence-corrected chi connectivity index (χ0v) is 21.1. The van der Waals surface area contributed by atoms with Crippen molar-refractivity contribution in [3.63, 3.8) is 0 Å². The largest absolute Gasteiger partial charge is 0.329 e. The van der Waals surface area contributed by atoms with Crippen LogP contribution in [0.25, 0.3) is 0 Å². The Morgan fingerprint density at radius 2 is 1.59 bits per heavy atom. The van der Waals surface area contributed by atoms with Gasteiger partial charge in [-0.1, -0.05) is 58.0 Å². The summed E-state index contributed by atoms with van der Waals surface area (Å²) in [6, 6.07) is 16.5. The highest BCUT2D eigenvalue weighted by Crippen LogP contribution is 2.69. The smallest absolute Gasteiger partial charge is 0.257 e. The molecule has 2 fully saturated rings. The molecule has 1 atom stereocenters. The molecule has 5 nitrogen and oxygen atoms in total. The van der Waals surface area contributed by atoms with Gasteiger partial charge < -0.3 is 4.90 Å². The fourth-order valence-electron chi connectivity index (χ4n) is 5.01. The lowest BCUT2D eigenvalue weighted by Crippen LogP contribution is -2.47. The van der Waals surface area contributed by atoms with Crippen molar-refractivity contribution in [3.05, 3.63) is 63.7 Å². The van der Waals surface area contributed by atoms with Gasteiger partial charge in [0.1, 0.15) is 6.04 Å². The molecule has 168 valence electrons. The van der Waals surface area contributed by atoms with Gasteiger partial charge in [-0.15, -0.1) is 0 Å². The molecule has 1 heterocycles. The first-order chi connectivity index (χ1) is 15.1. The summed E-state index contributed by atoms with van der Waals surface area (Å²) in [7, 11) is 0. The van der Waals surface area contributed by atoms with Gasteiger partial charge in [0.05, 0.1) is 12.1 Å². The third kappa shape index (κ3) is 3.87. The van der Waals surface area contributed by atoms with Crippen molar-refractivity contribution in [2.75, 3.05) is 11.4 Å². The Bertz CT molecular complexity index is 1030. The summed E-state index contributed by atoms with van der Waals surface area (Å²) in [4.78, 5) is 43.0. The van der Waals surface area contributed by atoms with Crippen molar-refractivity contribution >= 4 is 46.0 Å². The third-order valence-electron chi connectivity index (χ3n) is 7.62. The highest BCUT2D eigenvalue weighted by molar-refractivity contribution is 14.1. The summed E-state index contributed by atoms with van der Waals surface area (Å²) in [6.45, 7) is 8.82. The van der Waals surface area contributed by atoms with Crippen LogP contribution in [0.3, 0.4) is 0 Å². The zero-order chi connectivity index (χ0) is 23.3. The molecule has 1 saturated heterocycles. The average Bonchev–Trinajstić information content (AvgIpc) is 2.98. The van der Waals surface area contributed by atoms with Gasteiger partial charge in [0.2, 0.25) is 11.8 Å². The van der Waals surface area contributed by atoms with E-state index in [0.29, 0.717) is 18.7 Å². The molecule has 1 aliphatic heterocycles. The number of halogens is 1. The SMILES string of the molecule is CC1(C)C(C(=O)N(CCc2ccccc2)C2CC(=O)N(c3ccc(I)cc3)C2=O)C1(C)C. The van der Waals surface area contributed by atoms with Crippen LogP contribution in [0, 0.1) is 20.3 Å². The molecule has 0 spiro atoms. The predicted octanol–water partition coefficient (Wildman–Crippen LogP) is 4.68. The van der Waals surface area contributed by atoms with Crippen LogP contribution in [0.5, 0.6) is 0 Å². The summed E-state index contributed by atoms with van der Waals surface area (Å²) in [5.74, 6) is -0.755. The minimum absolute atomic E-state index is 0.0217. The molecule has 2 aliphatic rings. The molecule has 6 heteroatoms. The molecule has 1 aliphatic carbocycles. The van der Waals surface area contributed by atoms with E-state index in [0.717, 1.165) is 9.13 Å². The molecule has 0 bridgehead atoms. The van der Waals surface area contributed by atoms with Gasteiger partial charge >= 0.3 is 0 Å². The Kier molecular flexibility index (Phi) is 5.94. The Hall–Kier alpha value is -2.22. The molecule has 3 amide bonds. The number of nitrogens with zero attached hydrogens (tertiary/aromatic N) is 2. The number of rotatable bonds is 6. The van der Waals surface area contributed by atoms with E-state index in [4.69, 9.17) is 0 Å². The zero-order valence-electron chi connectivity index (χ0n) is 19.0. The second kappa shape index (κ2) is 8.28. The summed E-state index contributed by atoms with van der Waals surface area (Å²) in [5, 5.41) is 0. The van der Waals surface area contributed by atoms with Crippen LogP contribution in [0.1, 0.15) is 39.7 Å². The Morgan fingerprint density at radius 3 is 2.16 bits per heavy atom. The standard InChI is InChI=1S/C26H29IN2O3/c1-25(2)22(26(25,3)4)24(32)28(15-14-17-8-6-5-7-9-17)20-16-21(30)29(23(20)31)19-12-10-18(27)11-13-19/h5-13,20,22H,14-16H2,1-4H3. The maximum Gasteiger partial charge on any atom is 0.257 e. The van der Waals surface area contributed by atoms with Gasteiger partial charge in [-0.25, -0.2) is 4.90 Å². The fraction of sp³-hybridized carbons (Fsp3) is 0.423. The highest BCUT2D eigenvalue weighted by Gasteiger charge is 2.69. The first kappa shape index (κ1) is 23.0. The summed E-state index contributed by atoms with van der Waals surface area (Å²) in [5.41, 5.74) is 1.38. The number of carbonyl (C=O) groups is 3. The first-order valence-corrected chi connectivity index (χ1v) is 12.1. The lowest BCUT2D eigenvalue weighted by atomic mass is 10.0. The van der Waals surface area contributed by atoms with Gasteiger partial charge in [-0.05, 0) is 69.7 Å². The number of hydrogen-bond donors (Lipinski definition) is 0. The average molecular weight is 544 g/mol. The van der Waals surface area contributed by atoms with Crippen LogP contribution in [0.2, 0.25) is 0 Å². The maximum absolute atomic E-state index is 13.7.